The van der Waals surface area contributed by atoms with Gasteiger partial charge in [0, 0.05) is 27.5 Å². The van der Waals surface area contributed by atoms with Gasteiger partial charge in [-0.05, 0) is 85.3 Å². The van der Waals surface area contributed by atoms with Gasteiger partial charge in [0.05, 0.1) is 0 Å². The number of rotatable bonds is 6. The number of aromatic nitrogens is 3. The van der Waals surface area contributed by atoms with Crippen molar-refractivity contribution in [2.45, 2.75) is 0 Å². The molecule has 0 bridgehead atoms. The molecule has 0 spiro atoms. The van der Waals surface area contributed by atoms with Crippen LogP contribution in [0.5, 0.6) is 0 Å². The maximum atomic E-state index is 6.48. The minimum atomic E-state index is 0.593. The van der Waals surface area contributed by atoms with Gasteiger partial charge in [0.1, 0.15) is 11.2 Å². The molecule has 0 aliphatic heterocycles. The number of hydrogen-bond donors (Lipinski definition) is 0. The van der Waals surface area contributed by atoms with Gasteiger partial charge < -0.3 is 4.42 Å². The largest absolute Gasteiger partial charge is 0.456 e. The van der Waals surface area contributed by atoms with Gasteiger partial charge in [-0.3, -0.25) is 0 Å². The number of nitrogens with zero attached hydrogens (tertiary/aromatic N) is 3. The van der Waals surface area contributed by atoms with E-state index >= 15 is 0 Å². The van der Waals surface area contributed by atoms with Crippen LogP contribution < -0.4 is 0 Å². The van der Waals surface area contributed by atoms with Crippen molar-refractivity contribution < 1.29 is 4.42 Å². The van der Waals surface area contributed by atoms with E-state index in [-0.39, 0.29) is 0 Å². The Balaban J connectivity index is 1.02. The molecule has 11 rings (SSSR count). The summed E-state index contributed by atoms with van der Waals surface area (Å²) < 4.78 is 6.48. The predicted molar refractivity (Wildman–Crippen MR) is 235 cm³/mol. The highest BCUT2D eigenvalue weighted by molar-refractivity contribution is 6.13. The first-order valence-corrected chi connectivity index (χ1v) is 19.2. The van der Waals surface area contributed by atoms with Crippen molar-refractivity contribution in [3.8, 4) is 67.5 Å². The highest BCUT2D eigenvalue weighted by atomic mass is 16.3. The lowest BCUT2D eigenvalue weighted by Crippen LogP contribution is -2.00. The molecule has 0 fully saturated rings. The summed E-state index contributed by atoms with van der Waals surface area (Å²) in [6.45, 7) is 0. The first kappa shape index (κ1) is 32.7. The zero-order valence-electron chi connectivity index (χ0n) is 30.8. The average molecular weight is 728 g/mol. The molecule has 4 nitrogen and oxygen atoms in total. The molecule has 2 aromatic heterocycles. The second-order valence-electron chi connectivity index (χ2n) is 14.4. The maximum absolute atomic E-state index is 6.48. The number of hydrogen-bond acceptors (Lipinski definition) is 4. The first-order valence-electron chi connectivity index (χ1n) is 19.2. The lowest BCUT2D eigenvalue weighted by atomic mass is 9.95. The lowest BCUT2D eigenvalue weighted by Gasteiger charge is -2.10. The van der Waals surface area contributed by atoms with Gasteiger partial charge in [-0.25, -0.2) is 15.0 Å². The monoisotopic (exact) mass is 727 g/mol. The third-order valence-electron chi connectivity index (χ3n) is 10.9. The summed E-state index contributed by atoms with van der Waals surface area (Å²) in [4.78, 5) is 15.2. The van der Waals surface area contributed by atoms with Crippen LogP contribution in [0.3, 0.4) is 0 Å². The van der Waals surface area contributed by atoms with E-state index in [2.05, 4.69) is 152 Å². The Morgan fingerprint density at radius 1 is 0.281 bits per heavy atom. The van der Waals surface area contributed by atoms with Crippen LogP contribution in [0, 0.1) is 0 Å². The van der Waals surface area contributed by atoms with Gasteiger partial charge in [0.25, 0.3) is 0 Å². The zero-order valence-corrected chi connectivity index (χ0v) is 30.8. The molecule has 0 aliphatic carbocycles. The summed E-state index contributed by atoms with van der Waals surface area (Å²) in [7, 11) is 0. The van der Waals surface area contributed by atoms with Crippen LogP contribution in [-0.2, 0) is 0 Å². The first-order chi connectivity index (χ1) is 28.2. The molecule has 0 N–H and O–H groups in total. The SMILES string of the molecule is c1ccc(-c2ccc(-c3nc(-c4ccccc4)nc(-c4cccc5oc6ccc(-c7cccc(-c8ccc9c(ccc%10ccccc%109)c8)c7)cc6c45)n3)cc2)cc1. The molecule has 9 aromatic carbocycles. The van der Waals surface area contributed by atoms with Crippen molar-refractivity contribution in [3.63, 3.8) is 0 Å². The van der Waals surface area contributed by atoms with Crippen molar-refractivity contribution in [1.29, 1.82) is 0 Å². The van der Waals surface area contributed by atoms with Crippen LogP contribution in [0.1, 0.15) is 0 Å². The van der Waals surface area contributed by atoms with Gasteiger partial charge in [-0.15, -0.1) is 0 Å². The Kier molecular flexibility index (Phi) is 7.78. The molecule has 266 valence electrons. The molecule has 0 saturated heterocycles. The quantitative estimate of drug-likeness (QED) is 0.160. The molecule has 4 heteroatoms. The van der Waals surface area contributed by atoms with E-state index in [9.17, 15) is 0 Å². The molecular weight excluding hydrogens is 695 g/mol. The van der Waals surface area contributed by atoms with E-state index < -0.39 is 0 Å². The van der Waals surface area contributed by atoms with E-state index in [0.717, 1.165) is 60.9 Å². The van der Waals surface area contributed by atoms with Crippen molar-refractivity contribution in [3.05, 3.63) is 200 Å². The molecule has 0 amide bonds. The maximum Gasteiger partial charge on any atom is 0.164 e. The lowest BCUT2D eigenvalue weighted by molar-refractivity contribution is 0.669. The molecule has 0 aliphatic rings. The summed E-state index contributed by atoms with van der Waals surface area (Å²) in [5.41, 5.74) is 11.2. The van der Waals surface area contributed by atoms with E-state index in [4.69, 9.17) is 19.4 Å². The number of furan rings is 1. The van der Waals surface area contributed by atoms with Gasteiger partial charge in [0.15, 0.2) is 17.5 Å². The van der Waals surface area contributed by atoms with Gasteiger partial charge in [-0.1, -0.05) is 170 Å². The minimum absolute atomic E-state index is 0.593. The predicted octanol–water partition coefficient (Wildman–Crippen LogP) is 14.1. The average Bonchev–Trinajstić information content (AvgIpc) is 3.68. The van der Waals surface area contributed by atoms with E-state index in [1.54, 1.807) is 0 Å². The summed E-state index contributed by atoms with van der Waals surface area (Å²) in [5.74, 6) is 1.82. The van der Waals surface area contributed by atoms with Gasteiger partial charge >= 0.3 is 0 Å². The zero-order chi connectivity index (χ0) is 37.7. The van der Waals surface area contributed by atoms with Crippen molar-refractivity contribution in [2.24, 2.45) is 0 Å². The van der Waals surface area contributed by atoms with E-state index in [1.807, 2.05) is 48.5 Å². The highest BCUT2D eigenvalue weighted by Gasteiger charge is 2.19. The molecule has 0 radical (unpaired) electrons. The Bertz CT molecular complexity index is 3280. The van der Waals surface area contributed by atoms with Crippen LogP contribution in [0.4, 0.5) is 0 Å². The van der Waals surface area contributed by atoms with Gasteiger partial charge in [-0.2, -0.15) is 0 Å². The van der Waals surface area contributed by atoms with E-state index in [0.29, 0.717) is 17.5 Å². The molecule has 0 saturated carbocycles. The third-order valence-corrected chi connectivity index (χ3v) is 10.9. The Morgan fingerprint density at radius 3 is 1.60 bits per heavy atom. The fraction of sp³-hybridized carbons (Fsp3) is 0. The van der Waals surface area contributed by atoms with Crippen LogP contribution >= 0.6 is 0 Å². The second kappa shape index (κ2) is 13.6. The molecule has 2 heterocycles. The molecular formula is C53H33N3O. The smallest absolute Gasteiger partial charge is 0.164 e. The minimum Gasteiger partial charge on any atom is -0.456 e. The number of fused-ring (bicyclic) bond motifs is 6. The standard InChI is InChI=1S/C53H33N3O/c1-3-11-34(12-4-1)35-21-24-38(25-22-35)52-54-51(37-14-5-2-6-15-37)55-53(56-52)46-19-10-20-49-50(46)47-33-42(28-30-48(47)57-49)40-17-9-16-39(31-40)41-27-29-45-43(32-41)26-23-36-13-7-8-18-44(36)45/h1-33H. The normalized spacial score (nSPS) is 11.5. The Labute approximate surface area is 329 Å². The summed E-state index contributed by atoms with van der Waals surface area (Å²) in [6.07, 6.45) is 0. The second-order valence-corrected chi connectivity index (χ2v) is 14.4. The molecule has 0 atom stereocenters. The Morgan fingerprint density at radius 2 is 0.807 bits per heavy atom. The van der Waals surface area contributed by atoms with Crippen LogP contribution in [0.25, 0.3) is 111 Å². The summed E-state index contributed by atoms with van der Waals surface area (Å²) >= 11 is 0. The molecule has 11 aromatic rings. The van der Waals surface area contributed by atoms with Crippen LogP contribution in [0.2, 0.25) is 0 Å². The summed E-state index contributed by atoms with van der Waals surface area (Å²) in [6, 6.07) is 70.0. The fourth-order valence-electron chi connectivity index (χ4n) is 8.05. The molecule has 57 heavy (non-hydrogen) atoms. The Hall–Kier alpha value is -7.69. The van der Waals surface area contributed by atoms with Crippen LogP contribution in [-0.4, -0.2) is 15.0 Å². The molecule has 0 unspecified atom stereocenters. The van der Waals surface area contributed by atoms with Crippen LogP contribution in [0.15, 0.2) is 205 Å². The van der Waals surface area contributed by atoms with Crippen molar-refractivity contribution >= 4 is 43.5 Å². The highest BCUT2D eigenvalue weighted by Crippen LogP contribution is 2.39. The third kappa shape index (κ3) is 5.92. The fourth-order valence-corrected chi connectivity index (χ4v) is 8.05. The van der Waals surface area contributed by atoms with E-state index in [1.165, 1.54) is 32.7 Å². The van der Waals surface area contributed by atoms with Gasteiger partial charge in [0.2, 0.25) is 0 Å². The summed E-state index contributed by atoms with van der Waals surface area (Å²) in [5, 5.41) is 7.02. The van der Waals surface area contributed by atoms with Crippen molar-refractivity contribution in [1.82, 2.24) is 15.0 Å². The van der Waals surface area contributed by atoms with Crippen molar-refractivity contribution in [2.75, 3.05) is 0 Å². The topological polar surface area (TPSA) is 51.8 Å². The number of benzene rings is 9.